The van der Waals surface area contributed by atoms with Gasteiger partial charge in [0.1, 0.15) is 12.6 Å². The van der Waals surface area contributed by atoms with Crippen molar-refractivity contribution in [1.29, 1.82) is 0 Å². The highest BCUT2D eigenvalue weighted by Crippen LogP contribution is 2.44. The maximum atomic E-state index is 12.6. The molecule has 0 aliphatic heterocycles. The number of hydrogen-bond acceptors (Lipinski definition) is 4. The molecule has 1 aliphatic carbocycles. The molecule has 0 spiro atoms. The lowest BCUT2D eigenvalue weighted by atomic mass is 9.98. The molecule has 3 aromatic rings. The van der Waals surface area contributed by atoms with Gasteiger partial charge >= 0.3 is 12.1 Å². The van der Waals surface area contributed by atoms with E-state index < -0.39 is 18.1 Å². The molecule has 2 N–H and O–H groups in total. The fraction of sp³-hybridized carbons (Fsp3) is 0.370. The average Bonchev–Trinajstić information content (AvgIpc) is 3.29. The van der Waals surface area contributed by atoms with E-state index in [1.807, 2.05) is 54.9 Å². The monoisotopic (exact) mass is 461 g/mol. The molecule has 0 saturated carbocycles. The molecule has 1 heterocycles. The molecule has 1 aromatic heterocycles. The van der Waals surface area contributed by atoms with Crippen LogP contribution in [0.1, 0.15) is 53.8 Å². The minimum Gasteiger partial charge on any atom is -0.480 e. The van der Waals surface area contributed by atoms with Crippen LogP contribution < -0.4 is 5.32 Å². The zero-order chi connectivity index (χ0) is 24.2. The summed E-state index contributed by atoms with van der Waals surface area (Å²) >= 11 is 0. The molecule has 4 rings (SSSR count). The van der Waals surface area contributed by atoms with Gasteiger partial charge in [-0.15, -0.1) is 0 Å². The first-order valence-corrected chi connectivity index (χ1v) is 11.8. The molecular formula is C27H31N3O4. The van der Waals surface area contributed by atoms with Crippen LogP contribution in [0.4, 0.5) is 4.79 Å². The van der Waals surface area contributed by atoms with E-state index in [4.69, 9.17) is 4.74 Å². The summed E-state index contributed by atoms with van der Waals surface area (Å²) in [6, 6.07) is 15.1. The molecule has 7 heteroatoms. The van der Waals surface area contributed by atoms with Crippen molar-refractivity contribution in [2.24, 2.45) is 0 Å². The van der Waals surface area contributed by atoms with Crippen LogP contribution in [0, 0.1) is 13.8 Å². The van der Waals surface area contributed by atoms with Gasteiger partial charge in [0.25, 0.3) is 0 Å². The molecule has 1 atom stereocenters. The number of fused-ring (bicyclic) bond motifs is 3. The zero-order valence-electron chi connectivity index (χ0n) is 19.9. The molecule has 2 aromatic carbocycles. The second-order valence-electron chi connectivity index (χ2n) is 8.79. The Hall–Kier alpha value is -3.61. The molecule has 34 heavy (non-hydrogen) atoms. The third kappa shape index (κ3) is 4.69. The van der Waals surface area contributed by atoms with Crippen molar-refractivity contribution in [1.82, 2.24) is 15.1 Å². The van der Waals surface area contributed by atoms with Gasteiger partial charge in [-0.2, -0.15) is 5.10 Å². The largest absolute Gasteiger partial charge is 0.480 e. The van der Waals surface area contributed by atoms with E-state index in [1.54, 1.807) is 0 Å². The van der Waals surface area contributed by atoms with Gasteiger partial charge in [-0.1, -0.05) is 61.9 Å². The number of nitrogens with zero attached hydrogens (tertiary/aromatic N) is 2. The first kappa shape index (κ1) is 23.5. The van der Waals surface area contributed by atoms with Crippen LogP contribution in [0.2, 0.25) is 0 Å². The molecule has 1 unspecified atom stereocenters. The first-order valence-electron chi connectivity index (χ1n) is 11.8. The lowest BCUT2D eigenvalue weighted by Gasteiger charge is -2.18. The average molecular weight is 462 g/mol. The highest BCUT2D eigenvalue weighted by molar-refractivity contribution is 5.81. The number of benzene rings is 2. The fourth-order valence-electron chi connectivity index (χ4n) is 4.74. The van der Waals surface area contributed by atoms with Crippen molar-refractivity contribution < 1.29 is 19.4 Å². The van der Waals surface area contributed by atoms with Gasteiger partial charge in [0.05, 0.1) is 5.69 Å². The van der Waals surface area contributed by atoms with Gasteiger partial charge in [-0.3, -0.25) is 4.68 Å². The van der Waals surface area contributed by atoms with E-state index >= 15 is 0 Å². The number of carboxylic acid groups (broad SMARTS) is 1. The molecule has 0 saturated heterocycles. The van der Waals surface area contributed by atoms with E-state index in [-0.39, 0.29) is 18.9 Å². The molecular weight excluding hydrogens is 430 g/mol. The van der Waals surface area contributed by atoms with Crippen LogP contribution in [-0.2, 0) is 22.5 Å². The molecule has 7 nitrogen and oxygen atoms in total. The number of aryl methyl sites for hydroxylation is 2. The van der Waals surface area contributed by atoms with Crippen molar-refractivity contribution in [3.8, 4) is 11.1 Å². The lowest BCUT2D eigenvalue weighted by Crippen LogP contribution is -2.43. The maximum Gasteiger partial charge on any atom is 0.407 e. The van der Waals surface area contributed by atoms with Crippen LogP contribution in [0.15, 0.2) is 48.5 Å². The fourth-order valence-corrected chi connectivity index (χ4v) is 4.74. The Morgan fingerprint density at radius 1 is 1.09 bits per heavy atom. The number of hydrogen-bond donors (Lipinski definition) is 2. The van der Waals surface area contributed by atoms with Crippen LogP contribution in [0.5, 0.6) is 0 Å². The van der Waals surface area contributed by atoms with E-state index in [1.165, 1.54) is 0 Å². The number of rotatable bonds is 9. The molecule has 0 bridgehead atoms. The van der Waals surface area contributed by atoms with Crippen LogP contribution >= 0.6 is 0 Å². The Morgan fingerprint density at radius 3 is 2.29 bits per heavy atom. The summed E-state index contributed by atoms with van der Waals surface area (Å²) in [4.78, 5) is 24.6. The minimum atomic E-state index is -1.10. The molecule has 1 aliphatic rings. The zero-order valence-corrected chi connectivity index (χ0v) is 19.9. The summed E-state index contributed by atoms with van der Waals surface area (Å²) in [6.07, 6.45) is 1.47. The van der Waals surface area contributed by atoms with Gasteiger partial charge in [0.2, 0.25) is 0 Å². The van der Waals surface area contributed by atoms with Crippen molar-refractivity contribution in [3.63, 3.8) is 0 Å². The third-order valence-electron chi connectivity index (χ3n) is 6.60. The normalized spacial score (nSPS) is 13.3. The molecule has 0 fully saturated rings. The number of carbonyl (C=O) groups excluding carboxylic acids is 1. The Labute approximate surface area is 199 Å². The molecule has 1 amide bonds. The van der Waals surface area contributed by atoms with Crippen molar-refractivity contribution in [2.45, 2.75) is 58.5 Å². The number of carbonyl (C=O) groups is 2. The quantitative estimate of drug-likeness (QED) is 0.476. The number of amides is 1. The molecule has 0 radical (unpaired) electrons. The number of aliphatic carboxylic acids is 1. The van der Waals surface area contributed by atoms with Gasteiger partial charge in [0, 0.05) is 24.6 Å². The summed E-state index contributed by atoms with van der Waals surface area (Å²) in [5.74, 6) is -1.18. The molecule has 178 valence electrons. The maximum absolute atomic E-state index is 12.6. The minimum absolute atomic E-state index is 0.0808. The van der Waals surface area contributed by atoms with Gasteiger partial charge < -0.3 is 15.2 Å². The summed E-state index contributed by atoms with van der Waals surface area (Å²) in [5.41, 5.74) is 7.07. The smallest absolute Gasteiger partial charge is 0.407 e. The number of unbranched alkanes of at least 4 members (excludes halogenated alkanes) is 1. The number of carboxylic acids is 1. The third-order valence-corrected chi connectivity index (χ3v) is 6.60. The first-order chi connectivity index (χ1) is 16.4. The standard InChI is InChI=1S/C27H31N3O4/c1-4-5-14-30-18(3)23(17(2)29-30)15-25(26(31)32)28-27(33)34-16-24-21-12-8-6-10-19(21)20-11-7-9-13-22(20)24/h6-13,24-25H,4-5,14-16H2,1-3H3,(H,28,33)(H,31,32). The summed E-state index contributed by atoms with van der Waals surface area (Å²) < 4.78 is 7.46. The number of alkyl carbamates (subject to hydrolysis) is 1. The van der Waals surface area contributed by atoms with E-state index in [0.29, 0.717) is 0 Å². The Kier molecular flexibility index (Phi) is 7.01. The van der Waals surface area contributed by atoms with Crippen LogP contribution in [0.25, 0.3) is 11.1 Å². The van der Waals surface area contributed by atoms with E-state index in [9.17, 15) is 14.7 Å². The van der Waals surface area contributed by atoms with Crippen molar-refractivity contribution in [3.05, 3.63) is 76.6 Å². The second-order valence-corrected chi connectivity index (χ2v) is 8.79. The van der Waals surface area contributed by atoms with Crippen LogP contribution in [-0.4, -0.2) is 39.6 Å². The second kappa shape index (κ2) is 10.1. The van der Waals surface area contributed by atoms with Gasteiger partial charge in [0.15, 0.2) is 0 Å². The van der Waals surface area contributed by atoms with Crippen molar-refractivity contribution >= 4 is 12.1 Å². The Bertz CT molecular complexity index is 1150. The topological polar surface area (TPSA) is 93.5 Å². The lowest BCUT2D eigenvalue weighted by molar-refractivity contribution is -0.139. The number of nitrogens with one attached hydrogen (secondary N) is 1. The van der Waals surface area contributed by atoms with Gasteiger partial charge in [-0.25, -0.2) is 9.59 Å². The predicted molar refractivity (Wildman–Crippen MR) is 130 cm³/mol. The van der Waals surface area contributed by atoms with Gasteiger partial charge in [-0.05, 0) is 48.1 Å². The highest BCUT2D eigenvalue weighted by atomic mass is 16.5. The number of aromatic nitrogens is 2. The summed E-state index contributed by atoms with van der Waals surface area (Å²) in [6.45, 7) is 6.86. The Balaban J connectivity index is 1.43. The summed E-state index contributed by atoms with van der Waals surface area (Å²) in [7, 11) is 0. The predicted octanol–water partition coefficient (Wildman–Crippen LogP) is 4.83. The van der Waals surface area contributed by atoms with Crippen molar-refractivity contribution in [2.75, 3.05) is 6.61 Å². The van der Waals surface area contributed by atoms with Crippen LogP contribution in [0.3, 0.4) is 0 Å². The number of ether oxygens (including phenoxy) is 1. The van der Waals surface area contributed by atoms with E-state index in [0.717, 1.165) is 58.6 Å². The van der Waals surface area contributed by atoms with E-state index in [2.05, 4.69) is 29.5 Å². The SMILES string of the molecule is CCCCn1nc(C)c(CC(NC(=O)OCC2c3ccccc3-c3ccccc32)C(=O)O)c1C. The highest BCUT2D eigenvalue weighted by Gasteiger charge is 2.30. The Morgan fingerprint density at radius 2 is 1.71 bits per heavy atom. The summed E-state index contributed by atoms with van der Waals surface area (Å²) in [5, 5.41) is 16.9.